The molecule has 1 aromatic carbocycles. The predicted octanol–water partition coefficient (Wildman–Crippen LogP) is 2.16. The highest BCUT2D eigenvalue weighted by atomic mass is 16.1. The van der Waals surface area contributed by atoms with Gasteiger partial charge in [0, 0.05) is 30.9 Å². The van der Waals surface area contributed by atoms with Gasteiger partial charge in [0.05, 0.1) is 6.54 Å². The summed E-state index contributed by atoms with van der Waals surface area (Å²) < 4.78 is 0. The Kier molecular flexibility index (Phi) is 6.21. The average Bonchev–Trinajstić information content (AvgIpc) is 2.54. The summed E-state index contributed by atoms with van der Waals surface area (Å²) in [4.78, 5) is 14.6. The molecule has 0 radical (unpaired) electrons. The minimum atomic E-state index is 0.183. The van der Waals surface area contributed by atoms with Crippen molar-refractivity contribution >= 4 is 11.5 Å². The molecule has 0 saturated carbocycles. The number of fused-ring (bicyclic) bond motifs is 1. The highest BCUT2D eigenvalue weighted by Gasteiger charge is 2.12. The van der Waals surface area contributed by atoms with E-state index in [1.807, 2.05) is 12.1 Å². The van der Waals surface area contributed by atoms with Gasteiger partial charge in [-0.2, -0.15) is 0 Å². The summed E-state index contributed by atoms with van der Waals surface area (Å²) in [6.07, 6.45) is 2.21. The van der Waals surface area contributed by atoms with Crippen LogP contribution in [0.5, 0.6) is 0 Å². The Morgan fingerprint density at radius 2 is 2.14 bits per heavy atom. The molecule has 2 N–H and O–H groups in total. The van der Waals surface area contributed by atoms with Crippen molar-refractivity contribution in [2.24, 2.45) is 0 Å². The van der Waals surface area contributed by atoms with Crippen LogP contribution in [-0.4, -0.2) is 50.0 Å². The molecule has 1 heterocycles. The molecular weight excluding hydrogens is 262 g/mol. The van der Waals surface area contributed by atoms with E-state index in [1.165, 1.54) is 11.3 Å². The fourth-order valence-electron chi connectivity index (χ4n) is 2.73. The monoisotopic (exact) mass is 289 g/mol. The molecule has 0 fully saturated rings. The Morgan fingerprint density at radius 3 is 2.90 bits per heavy atom. The van der Waals surface area contributed by atoms with Gasteiger partial charge in [0.1, 0.15) is 0 Å². The summed E-state index contributed by atoms with van der Waals surface area (Å²) in [5.41, 5.74) is 3.29. The van der Waals surface area contributed by atoms with Crippen LogP contribution in [0.25, 0.3) is 0 Å². The Bertz CT molecular complexity index is 469. The van der Waals surface area contributed by atoms with Crippen molar-refractivity contribution in [1.29, 1.82) is 0 Å². The van der Waals surface area contributed by atoms with E-state index in [1.54, 1.807) is 0 Å². The van der Waals surface area contributed by atoms with Crippen LogP contribution in [0.4, 0.5) is 5.69 Å². The molecule has 116 valence electrons. The van der Waals surface area contributed by atoms with E-state index < -0.39 is 0 Å². The smallest absolute Gasteiger partial charge is 0.176 e. The summed E-state index contributed by atoms with van der Waals surface area (Å²) in [7, 11) is 0. The molecule has 2 rings (SSSR count). The van der Waals surface area contributed by atoms with Gasteiger partial charge in [-0.05, 0) is 49.7 Å². The molecule has 0 spiro atoms. The largest absolute Gasteiger partial charge is 0.385 e. The Balaban J connectivity index is 1.81. The zero-order valence-corrected chi connectivity index (χ0v) is 13.2. The van der Waals surface area contributed by atoms with E-state index in [-0.39, 0.29) is 5.78 Å². The number of ketones is 1. The summed E-state index contributed by atoms with van der Waals surface area (Å²) >= 11 is 0. The number of hydrogen-bond donors (Lipinski definition) is 2. The number of hydrogen-bond acceptors (Lipinski definition) is 4. The Hall–Kier alpha value is -1.39. The van der Waals surface area contributed by atoms with E-state index in [4.69, 9.17) is 0 Å². The van der Waals surface area contributed by atoms with Crippen LogP contribution in [0.15, 0.2) is 18.2 Å². The molecular formula is C17H27N3O. The number of likely N-dealkylation sites (N-methyl/N-ethyl adjacent to an activating group) is 1. The first-order valence-corrected chi connectivity index (χ1v) is 8.07. The van der Waals surface area contributed by atoms with Crippen molar-refractivity contribution in [2.45, 2.75) is 26.7 Å². The fraction of sp³-hybridized carbons (Fsp3) is 0.588. The lowest BCUT2D eigenvalue weighted by atomic mass is 9.99. The highest BCUT2D eigenvalue weighted by Crippen LogP contribution is 2.22. The van der Waals surface area contributed by atoms with Crippen LogP contribution in [0.2, 0.25) is 0 Å². The topological polar surface area (TPSA) is 44.4 Å². The van der Waals surface area contributed by atoms with Gasteiger partial charge in [0.25, 0.3) is 0 Å². The lowest BCUT2D eigenvalue weighted by Crippen LogP contribution is -2.34. The van der Waals surface area contributed by atoms with Gasteiger partial charge in [0.2, 0.25) is 0 Å². The van der Waals surface area contributed by atoms with Crippen LogP contribution >= 0.6 is 0 Å². The predicted molar refractivity (Wildman–Crippen MR) is 88.2 cm³/mol. The third kappa shape index (κ3) is 4.55. The molecule has 1 aliphatic heterocycles. The first kappa shape index (κ1) is 16.0. The lowest BCUT2D eigenvalue weighted by Gasteiger charge is -2.19. The van der Waals surface area contributed by atoms with Crippen molar-refractivity contribution in [3.05, 3.63) is 29.3 Å². The van der Waals surface area contributed by atoms with Crippen LogP contribution < -0.4 is 10.6 Å². The molecule has 0 bridgehead atoms. The molecule has 1 aliphatic rings. The second kappa shape index (κ2) is 8.15. The van der Waals surface area contributed by atoms with Crippen molar-refractivity contribution < 1.29 is 4.79 Å². The molecule has 21 heavy (non-hydrogen) atoms. The van der Waals surface area contributed by atoms with Crippen LogP contribution in [0.1, 0.15) is 36.2 Å². The SMILES string of the molecule is CCN(CC)CCNCC(=O)c1ccc2c(c1)CCCN2. The molecule has 0 amide bonds. The zero-order valence-electron chi connectivity index (χ0n) is 13.2. The van der Waals surface area contributed by atoms with Crippen molar-refractivity contribution in [3.8, 4) is 0 Å². The first-order valence-electron chi connectivity index (χ1n) is 8.07. The number of nitrogens with one attached hydrogen (secondary N) is 2. The number of rotatable bonds is 8. The van der Waals surface area contributed by atoms with Gasteiger partial charge in [-0.15, -0.1) is 0 Å². The van der Waals surface area contributed by atoms with Gasteiger partial charge in [-0.25, -0.2) is 0 Å². The lowest BCUT2D eigenvalue weighted by molar-refractivity contribution is 0.0990. The summed E-state index contributed by atoms with van der Waals surface area (Å²) in [5.74, 6) is 0.183. The second-order valence-corrected chi connectivity index (χ2v) is 5.53. The van der Waals surface area contributed by atoms with Gasteiger partial charge >= 0.3 is 0 Å². The normalized spacial score (nSPS) is 13.9. The number of benzene rings is 1. The van der Waals surface area contributed by atoms with Crippen molar-refractivity contribution in [2.75, 3.05) is 44.6 Å². The minimum Gasteiger partial charge on any atom is -0.385 e. The van der Waals surface area contributed by atoms with Gasteiger partial charge in [-0.1, -0.05) is 13.8 Å². The number of carbonyl (C=O) groups is 1. The molecule has 0 aromatic heterocycles. The summed E-state index contributed by atoms with van der Waals surface area (Å²) in [6.45, 7) is 9.76. The molecule has 0 aliphatic carbocycles. The van der Waals surface area contributed by atoms with Crippen LogP contribution in [0, 0.1) is 0 Å². The van der Waals surface area contributed by atoms with Crippen molar-refractivity contribution in [3.63, 3.8) is 0 Å². The van der Waals surface area contributed by atoms with Crippen LogP contribution in [0.3, 0.4) is 0 Å². The summed E-state index contributed by atoms with van der Waals surface area (Å²) in [6, 6.07) is 6.03. The number of nitrogens with zero attached hydrogens (tertiary/aromatic N) is 1. The maximum absolute atomic E-state index is 12.2. The van der Waals surface area contributed by atoms with E-state index in [2.05, 4.69) is 35.4 Å². The number of anilines is 1. The number of carbonyl (C=O) groups excluding carboxylic acids is 1. The molecule has 0 unspecified atom stereocenters. The first-order chi connectivity index (χ1) is 10.2. The van der Waals surface area contributed by atoms with E-state index in [0.717, 1.165) is 51.1 Å². The quantitative estimate of drug-likeness (QED) is 0.568. The molecule has 4 nitrogen and oxygen atoms in total. The Labute approximate surface area is 127 Å². The van der Waals surface area contributed by atoms with Gasteiger partial charge in [0.15, 0.2) is 5.78 Å². The maximum atomic E-state index is 12.2. The molecule has 0 atom stereocenters. The number of aryl methyl sites for hydroxylation is 1. The Morgan fingerprint density at radius 1 is 1.33 bits per heavy atom. The molecule has 4 heteroatoms. The van der Waals surface area contributed by atoms with Crippen molar-refractivity contribution in [1.82, 2.24) is 10.2 Å². The van der Waals surface area contributed by atoms with Crippen LogP contribution in [-0.2, 0) is 6.42 Å². The third-order valence-corrected chi connectivity index (χ3v) is 4.15. The van der Waals surface area contributed by atoms with E-state index >= 15 is 0 Å². The average molecular weight is 289 g/mol. The highest BCUT2D eigenvalue weighted by molar-refractivity contribution is 5.98. The molecule has 1 aromatic rings. The molecule has 0 saturated heterocycles. The van der Waals surface area contributed by atoms with Gasteiger partial charge < -0.3 is 15.5 Å². The maximum Gasteiger partial charge on any atom is 0.176 e. The standard InChI is InChI=1S/C17H27N3O/c1-3-20(4-2)11-10-18-13-17(21)15-7-8-16-14(12-15)6-5-9-19-16/h7-8,12,18-19H,3-6,9-11,13H2,1-2H3. The van der Waals surface area contributed by atoms with Gasteiger partial charge in [-0.3, -0.25) is 4.79 Å². The second-order valence-electron chi connectivity index (χ2n) is 5.53. The zero-order chi connectivity index (χ0) is 15.1. The van der Waals surface area contributed by atoms with E-state index in [0.29, 0.717) is 6.54 Å². The number of Topliss-reactive ketones (excluding diaryl/α,β-unsaturated/α-hetero) is 1. The minimum absolute atomic E-state index is 0.183. The van der Waals surface area contributed by atoms with E-state index in [9.17, 15) is 4.79 Å². The fourth-order valence-corrected chi connectivity index (χ4v) is 2.73. The third-order valence-electron chi connectivity index (χ3n) is 4.15. The summed E-state index contributed by atoms with van der Waals surface area (Å²) in [5, 5.41) is 6.63.